The second-order valence-corrected chi connectivity index (χ2v) is 10.2. The lowest BCUT2D eigenvalue weighted by Crippen LogP contribution is -2.14. The molecule has 0 aliphatic heterocycles. The molecule has 0 aliphatic rings. The summed E-state index contributed by atoms with van der Waals surface area (Å²) in [4.78, 5) is 12.8. The number of halogens is 4. The van der Waals surface area contributed by atoms with Gasteiger partial charge in [-0.3, -0.25) is 4.79 Å². The summed E-state index contributed by atoms with van der Waals surface area (Å²) in [5.41, 5.74) is 3.03. The van der Waals surface area contributed by atoms with E-state index in [0.717, 1.165) is 11.1 Å². The summed E-state index contributed by atoms with van der Waals surface area (Å²) >= 11 is 16.3. The molecule has 3 aromatic rings. The van der Waals surface area contributed by atoms with E-state index in [-0.39, 0.29) is 5.57 Å². The first-order chi connectivity index (χ1) is 16.2. The van der Waals surface area contributed by atoms with Gasteiger partial charge in [0, 0.05) is 14.0 Å². The molecule has 1 amide bonds. The van der Waals surface area contributed by atoms with Crippen molar-refractivity contribution in [1.82, 2.24) is 0 Å². The molecule has 0 spiro atoms. The van der Waals surface area contributed by atoms with Crippen molar-refractivity contribution in [3.63, 3.8) is 0 Å². The van der Waals surface area contributed by atoms with Crippen molar-refractivity contribution in [2.75, 3.05) is 12.4 Å². The van der Waals surface area contributed by atoms with Gasteiger partial charge in [-0.15, -0.1) is 0 Å². The number of carbonyl (C=O) groups excluding carboxylic acids is 1. The monoisotopic (exact) mass is 666 g/mol. The SMILES string of the molecule is COc1cc(/C=C(\C#N)C(=O)Nc2c(Br)cc(C)cc2Br)cc(Br)c1OCc1ccc(Cl)cc1. The van der Waals surface area contributed by atoms with Crippen molar-refractivity contribution in [3.8, 4) is 17.6 Å². The summed E-state index contributed by atoms with van der Waals surface area (Å²) in [6.45, 7) is 2.25. The van der Waals surface area contributed by atoms with Crippen LogP contribution < -0.4 is 14.8 Å². The van der Waals surface area contributed by atoms with Gasteiger partial charge >= 0.3 is 0 Å². The zero-order valence-corrected chi connectivity index (χ0v) is 23.6. The van der Waals surface area contributed by atoms with E-state index in [1.807, 2.05) is 37.3 Å². The fourth-order valence-corrected chi connectivity index (χ4v) is 5.33. The minimum Gasteiger partial charge on any atom is -0.493 e. The number of rotatable bonds is 7. The van der Waals surface area contributed by atoms with Gasteiger partial charge in [-0.05, 0) is 114 Å². The standard InChI is InChI=1S/C25H18Br3ClN2O3/c1-14-7-19(26)23(20(27)8-14)31-25(32)17(12-30)9-16-10-21(28)24(22(11-16)33-2)34-13-15-3-5-18(29)6-4-15/h3-11H,13H2,1-2H3,(H,31,32)/b17-9+. The largest absolute Gasteiger partial charge is 0.493 e. The van der Waals surface area contributed by atoms with Crippen LogP contribution in [0.15, 0.2) is 67.5 Å². The first-order valence-electron chi connectivity index (χ1n) is 9.85. The summed E-state index contributed by atoms with van der Waals surface area (Å²) < 4.78 is 13.5. The van der Waals surface area contributed by atoms with Crippen LogP contribution in [0.1, 0.15) is 16.7 Å². The van der Waals surface area contributed by atoms with E-state index < -0.39 is 5.91 Å². The molecule has 0 heterocycles. The van der Waals surface area contributed by atoms with E-state index in [9.17, 15) is 10.1 Å². The second-order valence-electron chi connectivity index (χ2n) is 7.18. The van der Waals surface area contributed by atoms with Gasteiger partial charge in [0.1, 0.15) is 18.2 Å². The van der Waals surface area contributed by atoms with Gasteiger partial charge < -0.3 is 14.8 Å². The Bertz CT molecular complexity index is 1280. The fourth-order valence-electron chi connectivity index (χ4n) is 3.01. The number of aryl methyl sites for hydroxylation is 1. The highest BCUT2D eigenvalue weighted by Crippen LogP contribution is 2.38. The predicted octanol–water partition coefficient (Wildman–Crippen LogP) is 8.07. The zero-order valence-electron chi connectivity index (χ0n) is 18.1. The highest BCUT2D eigenvalue weighted by molar-refractivity contribution is 9.11. The van der Waals surface area contributed by atoms with E-state index in [2.05, 4.69) is 53.1 Å². The van der Waals surface area contributed by atoms with Crippen LogP contribution in [0.4, 0.5) is 5.69 Å². The molecule has 0 atom stereocenters. The average Bonchev–Trinajstić information content (AvgIpc) is 2.79. The van der Waals surface area contributed by atoms with Crippen LogP contribution in [-0.4, -0.2) is 13.0 Å². The van der Waals surface area contributed by atoms with E-state index in [1.54, 1.807) is 24.3 Å². The maximum absolute atomic E-state index is 12.8. The molecule has 9 heteroatoms. The Morgan fingerprint density at radius 2 is 1.74 bits per heavy atom. The Hall–Kier alpha value is -2.31. The molecule has 0 saturated carbocycles. The number of hydrogen-bond acceptors (Lipinski definition) is 4. The Labute approximate surface area is 228 Å². The number of nitriles is 1. The van der Waals surface area contributed by atoms with Gasteiger partial charge in [0.15, 0.2) is 11.5 Å². The summed E-state index contributed by atoms with van der Waals surface area (Å²) in [5, 5.41) is 13.0. The van der Waals surface area contributed by atoms with Gasteiger partial charge in [-0.25, -0.2) is 0 Å². The van der Waals surface area contributed by atoms with Crippen molar-refractivity contribution in [3.05, 3.63) is 89.2 Å². The number of nitrogens with one attached hydrogen (secondary N) is 1. The average molecular weight is 670 g/mol. The lowest BCUT2D eigenvalue weighted by molar-refractivity contribution is -0.112. The lowest BCUT2D eigenvalue weighted by atomic mass is 10.1. The molecule has 34 heavy (non-hydrogen) atoms. The van der Waals surface area contributed by atoms with Crippen molar-refractivity contribution < 1.29 is 14.3 Å². The normalized spacial score (nSPS) is 11.0. The van der Waals surface area contributed by atoms with Crippen LogP contribution in [0.5, 0.6) is 11.5 Å². The molecule has 174 valence electrons. The van der Waals surface area contributed by atoms with Gasteiger partial charge in [0.25, 0.3) is 5.91 Å². The highest BCUT2D eigenvalue weighted by Gasteiger charge is 2.16. The maximum Gasteiger partial charge on any atom is 0.266 e. The van der Waals surface area contributed by atoms with Gasteiger partial charge in [0.05, 0.1) is 17.3 Å². The number of hydrogen-bond donors (Lipinski definition) is 1. The van der Waals surface area contributed by atoms with E-state index in [0.29, 0.717) is 47.8 Å². The third-order valence-corrected chi connectivity index (χ3v) is 6.74. The van der Waals surface area contributed by atoms with E-state index in [4.69, 9.17) is 21.1 Å². The van der Waals surface area contributed by atoms with Crippen molar-refractivity contribution in [2.24, 2.45) is 0 Å². The molecular formula is C25H18Br3ClN2O3. The Kier molecular flexibility index (Phi) is 9.20. The third-order valence-electron chi connectivity index (χ3n) is 4.65. The Morgan fingerprint density at radius 3 is 2.32 bits per heavy atom. The lowest BCUT2D eigenvalue weighted by Gasteiger charge is -2.14. The Balaban J connectivity index is 1.84. The molecule has 0 fully saturated rings. The third kappa shape index (κ3) is 6.63. The van der Waals surface area contributed by atoms with Crippen molar-refractivity contribution >= 4 is 77.1 Å². The number of anilines is 1. The van der Waals surface area contributed by atoms with Crippen LogP contribution in [0, 0.1) is 18.3 Å². The number of benzene rings is 3. The van der Waals surface area contributed by atoms with Crippen molar-refractivity contribution in [1.29, 1.82) is 5.26 Å². The van der Waals surface area contributed by atoms with E-state index >= 15 is 0 Å². The number of methoxy groups -OCH3 is 1. The molecule has 5 nitrogen and oxygen atoms in total. The zero-order chi connectivity index (χ0) is 24.8. The van der Waals surface area contributed by atoms with Crippen LogP contribution in [-0.2, 0) is 11.4 Å². The molecule has 0 radical (unpaired) electrons. The highest BCUT2D eigenvalue weighted by atomic mass is 79.9. The molecule has 3 aromatic carbocycles. The summed E-state index contributed by atoms with van der Waals surface area (Å²) in [6.07, 6.45) is 1.49. The van der Waals surface area contributed by atoms with Crippen LogP contribution in [0.25, 0.3) is 6.08 Å². The fraction of sp³-hybridized carbons (Fsp3) is 0.120. The second kappa shape index (κ2) is 11.9. The minimum atomic E-state index is -0.536. The summed E-state index contributed by atoms with van der Waals surface area (Å²) in [7, 11) is 1.52. The molecule has 0 unspecified atom stereocenters. The first kappa shape index (κ1) is 26.3. The first-order valence-corrected chi connectivity index (χ1v) is 12.6. The van der Waals surface area contributed by atoms with Crippen LogP contribution in [0.3, 0.4) is 0 Å². The molecule has 3 rings (SSSR count). The molecule has 0 aliphatic carbocycles. The van der Waals surface area contributed by atoms with E-state index in [1.165, 1.54) is 13.2 Å². The summed E-state index contributed by atoms with van der Waals surface area (Å²) in [6, 6.07) is 16.5. The molecule has 0 saturated heterocycles. The maximum atomic E-state index is 12.8. The van der Waals surface area contributed by atoms with Crippen LogP contribution in [0.2, 0.25) is 5.02 Å². The van der Waals surface area contributed by atoms with Crippen LogP contribution >= 0.6 is 59.4 Å². The molecule has 1 N–H and O–H groups in total. The quantitative estimate of drug-likeness (QED) is 0.204. The van der Waals surface area contributed by atoms with Gasteiger partial charge in [-0.1, -0.05) is 23.7 Å². The van der Waals surface area contributed by atoms with Gasteiger partial charge in [0.2, 0.25) is 0 Å². The predicted molar refractivity (Wildman–Crippen MR) is 145 cm³/mol. The number of ether oxygens (including phenoxy) is 2. The molecule has 0 aromatic heterocycles. The topological polar surface area (TPSA) is 71.3 Å². The van der Waals surface area contributed by atoms with Crippen molar-refractivity contribution in [2.45, 2.75) is 13.5 Å². The number of amides is 1. The Morgan fingerprint density at radius 1 is 1.09 bits per heavy atom. The smallest absolute Gasteiger partial charge is 0.266 e. The number of nitrogens with zero attached hydrogens (tertiary/aromatic N) is 1. The molecule has 0 bridgehead atoms. The van der Waals surface area contributed by atoms with Gasteiger partial charge in [-0.2, -0.15) is 5.26 Å². The minimum absolute atomic E-state index is 0.0665. The number of carbonyl (C=O) groups is 1. The summed E-state index contributed by atoms with van der Waals surface area (Å²) in [5.74, 6) is 0.423. The molecular weight excluding hydrogens is 651 g/mol.